The number of piperazine rings is 1. The minimum atomic E-state index is -0.424. The summed E-state index contributed by atoms with van der Waals surface area (Å²) < 4.78 is 3.11. The molecule has 206 valence electrons. The van der Waals surface area contributed by atoms with Gasteiger partial charge in [-0.15, -0.1) is 0 Å². The zero-order valence-electron chi connectivity index (χ0n) is 22.2. The summed E-state index contributed by atoms with van der Waals surface area (Å²) in [6, 6.07) is 23.4. The van der Waals surface area contributed by atoms with Crippen LogP contribution in [-0.4, -0.2) is 58.7 Å². The van der Waals surface area contributed by atoms with Crippen molar-refractivity contribution in [2.75, 3.05) is 38.0 Å². The zero-order valence-corrected chi connectivity index (χ0v) is 22.9. The molecule has 3 N–H and O–H groups in total. The van der Waals surface area contributed by atoms with Gasteiger partial charge in [-0.3, -0.25) is 13.9 Å². The normalized spacial score (nSPS) is 13.2. The molecule has 4 aromatic rings. The summed E-state index contributed by atoms with van der Waals surface area (Å²) >= 11 is 5.93. The van der Waals surface area contributed by atoms with Crippen molar-refractivity contribution in [3.63, 3.8) is 0 Å². The van der Waals surface area contributed by atoms with Gasteiger partial charge in [0, 0.05) is 55.5 Å². The van der Waals surface area contributed by atoms with Crippen molar-refractivity contribution in [3.8, 4) is 16.9 Å². The highest BCUT2D eigenvalue weighted by Crippen LogP contribution is 2.28. The molecule has 0 atom stereocenters. The average molecular weight is 559 g/mol. The van der Waals surface area contributed by atoms with Crippen LogP contribution in [0.3, 0.4) is 0 Å². The van der Waals surface area contributed by atoms with Crippen LogP contribution in [0.15, 0.2) is 83.7 Å². The number of aryl methyl sites for hydroxylation is 1. The van der Waals surface area contributed by atoms with Gasteiger partial charge in [-0.05, 0) is 42.8 Å². The second-order valence-corrected chi connectivity index (χ2v) is 9.99. The van der Waals surface area contributed by atoms with Gasteiger partial charge in [-0.1, -0.05) is 60.1 Å². The molecule has 2 heterocycles. The average Bonchev–Trinajstić information content (AvgIpc) is 3.26. The molecule has 0 spiro atoms. The molecule has 1 saturated heterocycles. The van der Waals surface area contributed by atoms with Crippen LogP contribution in [0.25, 0.3) is 16.9 Å². The van der Waals surface area contributed by atoms with Crippen LogP contribution >= 0.6 is 11.6 Å². The van der Waals surface area contributed by atoms with Crippen molar-refractivity contribution < 1.29 is 9.59 Å². The van der Waals surface area contributed by atoms with Crippen LogP contribution in [0, 0.1) is 6.92 Å². The summed E-state index contributed by atoms with van der Waals surface area (Å²) in [7, 11) is 0. The number of carbonyl (C=O) groups excluding carboxylic acids is 2. The second kappa shape index (κ2) is 12.2. The molecule has 9 nitrogen and oxygen atoms in total. The number of benzene rings is 3. The van der Waals surface area contributed by atoms with Gasteiger partial charge in [-0.25, -0.2) is 9.59 Å². The van der Waals surface area contributed by atoms with Gasteiger partial charge in [0.1, 0.15) is 5.69 Å². The molecule has 0 saturated carbocycles. The Kier molecular flexibility index (Phi) is 8.33. The Hall–Kier alpha value is -4.34. The van der Waals surface area contributed by atoms with E-state index < -0.39 is 6.03 Å². The van der Waals surface area contributed by atoms with Crippen molar-refractivity contribution in [3.05, 3.63) is 106 Å². The molecule has 1 aliphatic heterocycles. The SMILES string of the molecule is Cc1ccccc1-n1c(-c2ccccc2)c(C(=O)N2CCNCC2)n(CCNC(=O)Nc2ccc(Cl)cc2)c1=O. The lowest BCUT2D eigenvalue weighted by molar-refractivity contribution is 0.0725. The number of urea groups is 1. The molecule has 0 radical (unpaired) electrons. The van der Waals surface area contributed by atoms with E-state index in [4.69, 9.17) is 11.6 Å². The molecule has 3 aromatic carbocycles. The Morgan fingerprint density at radius 2 is 1.60 bits per heavy atom. The van der Waals surface area contributed by atoms with Crippen LogP contribution in [0.5, 0.6) is 0 Å². The highest BCUT2D eigenvalue weighted by molar-refractivity contribution is 6.30. The first-order valence-corrected chi connectivity index (χ1v) is 13.6. The summed E-state index contributed by atoms with van der Waals surface area (Å²) in [6.45, 7) is 4.63. The number of aromatic nitrogens is 2. The highest BCUT2D eigenvalue weighted by Gasteiger charge is 2.31. The van der Waals surface area contributed by atoms with Crippen LogP contribution in [0.2, 0.25) is 5.02 Å². The van der Waals surface area contributed by atoms with E-state index in [-0.39, 0.29) is 24.7 Å². The van der Waals surface area contributed by atoms with Gasteiger partial charge in [0.25, 0.3) is 5.91 Å². The third-order valence-electron chi connectivity index (χ3n) is 6.87. The lowest BCUT2D eigenvalue weighted by Crippen LogP contribution is -2.47. The first kappa shape index (κ1) is 27.2. The van der Waals surface area contributed by atoms with Gasteiger partial charge in [0.05, 0.1) is 11.4 Å². The number of carbonyl (C=O) groups is 2. The lowest BCUT2D eigenvalue weighted by Gasteiger charge is -2.28. The number of nitrogens with zero attached hydrogens (tertiary/aromatic N) is 3. The number of rotatable bonds is 7. The van der Waals surface area contributed by atoms with Crippen LogP contribution in [0.4, 0.5) is 10.5 Å². The first-order valence-electron chi connectivity index (χ1n) is 13.2. The monoisotopic (exact) mass is 558 g/mol. The quantitative estimate of drug-likeness (QED) is 0.317. The molecule has 5 rings (SSSR count). The predicted octanol–water partition coefficient (Wildman–Crippen LogP) is 4.13. The van der Waals surface area contributed by atoms with E-state index in [1.54, 1.807) is 33.7 Å². The second-order valence-electron chi connectivity index (χ2n) is 9.55. The van der Waals surface area contributed by atoms with Crippen LogP contribution in [0.1, 0.15) is 16.1 Å². The van der Waals surface area contributed by atoms with E-state index in [0.29, 0.717) is 54.0 Å². The minimum absolute atomic E-state index is 0.110. The number of nitrogens with one attached hydrogen (secondary N) is 3. The summed E-state index contributed by atoms with van der Waals surface area (Å²) in [4.78, 5) is 42.5. The van der Waals surface area contributed by atoms with Crippen molar-refractivity contribution in [2.24, 2.45) is 0 Å². The van der Waals surface area contributed by atoms with Gasteiger partial charge >= 0.3 is 11.7 Å². The molecule has 10 heteroatoms. The Morgan fingerprint density at radius 1 is 0.925 bits per heavy atom. The smallest absolute Gasteiger partial charge is 0.333 e. The molecule has 0 aliphatic carbocycles. The molecular weight excluding hydrogens is 528 g/mol. The van der Waals surface area contributed by atoms with Gasteiger partial charge < -0.3 is 20.9 Å². The summed E-state index contributed by atoms with van der Waals surface area (Å²) in [5, 5.41) is 9.39. The molecule has 40 heavy (non-hydrogen) atoms. The summed E-state index contributed by atoms with van der Waals surface area (Å²) in [5.74, 6) is -0.213. The third-order valence-corrected chi connectivity index (χ3v) is 7.13. The number of halogens is 1. The zero-order chi connectivity index (χ0) is 28.1. The van der Waals surface area contributed by atoms with Crippen molar-refractivity contribution in [2.45, 2.75) is 13.5 Å². The Bertz CT molecular complexity index is 1560. The Labute approximate surface area is 237 Å². The van der Waals surface area contributed by atoms with E-state index in [1.807, 2.05) is 61.5 Å². The number of amides is 3. The van der Waals surface area contributed by atoms with Gasteiger partial charge in [-0.2, -0.15) is 0 Å². The van der Waals surface area contributed by atoms with Crippen LogP contribution in [-0.2, 0) is 6.54 Å². The predicted molar refractivity (Wildman–Crippen MR) is 157 cm³/mol. The van der Waals surface area contributed by atoms with E-state index in [2.05, 4.69) is 16.0 Å². The number of anilines is 1. The number of para-hydroxylation sites is 1. The largest absolute Gasteiger partial charge is 0.336 e. The maximum absolute atomic E-state index is 14.1. The molecule has 0 unspecified atom stereocenters. The van der Waals surface area contributed by atoms with Crippen molar-refractivity contribution >= 4 is 29.2 Å². The fourth-order valence-corrected chi connectivity index (χ4v) is 5.00. The Balaban J connectivity index is 1.54. The minimum Gasteiger partial charge on any atom is -0.336 e. The lowest BCUT2D eigenvalue weighted by atomic mass is 10.1. The first-order chi connectivity index (χ1) is 19.4. The van der Waals surface area contributed by atoms with Gasteiger partial charge in [0.15, 0.2) is 0 Å². The molecule has 1 aliphatic rings. The number of hydrogen-bond acceptors (Lipinski definition) is 4. The maximum Gasteiger partial charge on any atom is 0.333 e. The fraction of sp³-hybridized carbons (Fsp3) is 0.233. The van der Waals surface area contributed by atoms with E-state index >= 15 is 0 Å². The maximum atomic E-state index is 14.1. The summed E-state index contributed by atoms with van der Waals surface area (Å²) in [6.07, 6.45) is 0. The van der Waals surface area contributed by atoms with Crippen molar-refractivity contribution in [1.82, 2.24) is 24.7 Å². The van der Waals surface area contributed by atoms with E-state index in [9.17, 15) is 14.4 Å². The Morgan fingerprint density at radius 3 is 2.30 bits per heavy atom. The fourth-order valence-electron chi connectivity index (χ4n) is 4.88. The topological polar surface area (TPSA) is 100 Å². The number of hydrogen-bond donors (Lipinski definition) is 3. The summed E-state index contributed by atoms with van der Waals surface area (Å²) in [5.41, 5.74) is 3.45. The highest BCUT2D eigenvalue weighted by atomic mass is 35.5. The van der Waals surface area contributed by atoms with E-state index in [1.165, 1.54) is 4.57 Å². The molecule has 1 fully saturated rings. The molecule has 3 amide bonds. The molecule has 0 bridgehead atoms. The van der Waals surface area contributed by atoms with Crippen molar-refractivity contribution in [1.29, 1.82) is 0 Å². The van der Waals surface area contributed by atoms with E-state index in [0.717, 1.165) is 11.1 Å². The van der Waals surface area contributed by atoms with Crippen LogP contribution < -0.4 is 21.6 Å². The number of imidazole rings is 1. The van der Waals surface area contributed by atoms with Gasteiger partial charge in [0.2, 0.25) is 0 Å². The third kappa shape index (κ3) is 5.80. The molecule has 1 aromatic heterocycles. The standard InChI is InChI=1S/C30H31ClN6O3/c1-21-7-5-6-10-25(21)37-26(22-8-3-2-4-9-22)27(28(38)35-18-15-32-16-19-35)36(30(37)40)20-17-33-29(39)34-24-13-11-23(31)12-14-24/h2-14,32H,15-20H2,1H3,(H2,33,34,39). The molecular formula is C30H31ClN6O3.